The minimum absolute atomic E-state index is 0. The van der Waals surface area contributed by atoms with Crippen LogP contribution >= 0.6 is 0 Å². The Hall–Kier alpha value is 0.837. The molecule has 3 nitrogen and oxygen atoms in total. The fourth-order valence-electron chi connectivity index (χ4n) is 0.250. The first-order valence-corrected chi connectivity index (χ1v) is 4.56. The van der Waals surface area contributed by atoms with Gasteiger partial charge in [0.15, 0.2) is 0 Å². The predicted octanol–water partition coefficient (Wildman–Crippen LogP) is 0.492. The zero-order chi connectivity index (χ0) is 6.62. The summed E-state index contributed by atoms with van der Waals surface area (Å²) in [5.74, 6) is 0. The van der Waals surface area contributed by atoms with E-state index in [4.69, 9.17) is 13.3 Å². The number of rotatable bonds is 3. The third kappa shape index (κ3) is 4.27. The summed E-state index contributed by atoms with van der Waals surface area (Å²) in [7, 11) is 2.58. The summed E-state index contributed by atoms with van der Waals surface area (Å²) in [6.07, 6.45) is 0. The Bertz CT molecular complexity index is 58.6. The molecule has 0 spiro atoms. The molecule has 0 saturated heterocycles. The summed E-state index contributed by atoms with van der Waals surface area (Å²) in [5, 5.41) is 0. The molecule has 1 radical (unpaired) electrons. The third-order valence-electron chi connectivity index (χ3n) is 1.11. The van der Waals surface area contributed by atoms with E-state index in [-0.39, 0.29) is 22.4 Å². The van der Waals surface area contributed by atoms with Crippen LogP contribution in [0.15, 0.2) is 0 Å². The standard InChI is InChI=1S/C4H12O3Si.Ag/c1-5-8(4,6-2)7-3;/h1-4H3;. The van der Waals surface area contributed by atoms with Gasteiger partial charge in [-0.2, -0.15) is 0 Å². The molecule has 0 aromatic carbocycles. The summed E-state index contributed by atoms with van der Waals surface area (Å²) < 4.78 is 14.8. The Labute approximate surface area is 72.6 Å². The summed E-state index contributed by atoms with van der Waals surface area (Å²) in [6, 6.07) is 0. The topological polar surface area (TPSA) is 27.7 Å². The Balaban J connectivity index is 0. The van der Waals surface area contributed by atoms with Gasteiger partial charge in [0, 0.05) is 50.3 Å². The van der Waals surface area contributed by atoms with E-state index in [1.165, 1.54) is 0 Å². The van der Waals surface area contributed by atoms with Crippen molar-refractivity contribution in [3.8, 4) is 0 Å². The van der Waals surface area contributed by atoms with Crippen molar-refractivity contribution in [3.05, 3.63) is 0 Å². The van der Waals surface area contributed by atoms with Crippen LogP contribution in [0.4, 0.5) is 0 Å². The van der Waals surface area contributed by atoms with E-state index in [9.17, 15) is 0 Å². The molecule has 0 rings (SSSR count). The van der Waals surface area contributed by atoms with E-state index in [2.05, 4.69) is 0 Å². The number of hydrogen-bond acceptors (Lipinski definition) is 3. The molecular formula is C4H12AgO3Si. The first-order valence-electron chi connectivity index (χ1n) is 2.34. The second-order valence-corrected chi connectivity index (χ2v) is 4.42. The molecule has 5 heteroatoms. The van der Waals surface area contributed by atoms with Crippen molar-refractivity contribution < 1.29 is 35.7 Å². The molecule has 0 heterocycles. The Morgan fingerprint density at radius 1 is 0.889 bits per heavy atom. The fraction of sp³-hybridized carbons (Fsp3) is 1.00. The van der Waals surface area contributed by atoms with E-state index in [1.807, 2.05) is 6.55 Å². The van der Waals surface area contributed by atoms with Gasteiger partial charge < -0.3 is 13.3 Å². The Morgan fingerprint density at radius 2 is 1.11 bits per heavy atom. The van der Waals surface area contributed by atoms with Gasteiger partial charge in [-0.25, -0.2) is 0 Å². The van der Waals surface area contributed by atoms with Crippen LogP contribution in [0.5, 0.6) is 0 Å². The van der Waals surface area contributed by atoms with Crippen molar-refractivity contribution in [3.63, 3.8) is 0 Å². The van der Waals surface area contributed by atoms with Gasteiger partial charge in [0.2, 0.25) is 0 Å². The van der Waals surface area contributed by atoms with Crippen molar-refractivity contribution in [2.24, 2.45) is 0 Å². The summed E-state index contributed by atoms with van der Waals surface area (Å²) in [6.45, 7) is 1.83. The van der Waals surface area contributed by atoms with E-state index in [1.54, 1.807) is 21.3 Å². The van der Waals surface area contributed by atoms with Gasteiger partial charge in [-0.05, 0) is 0 Å². The summed E-state index contributed by atoms with van der Waals surface area (Å²) in [4.78, 5) is 0. The Morgan fingerprint density at radius 3 is 1.11 bits per heavy atom. The maximum absolute atomic E-state index is 4.93. The van der Waals surface area contributed by atoms with E-state index in [0.717, 1.165) is 0 Å². The molecule has 0 atom stereocenters. The first kappa shape index (κ1) is 12.5. The van der Waals surface area contributed by atoms with Crippen LogP contribution < -0.4 is 0 Å². The predicted molar refractivity (Wildman–Crippen MR) is 32.6 cm³/mol. The SMILES string of the molecule is CO[Si](C)(OC)OC.[Ag]. The van der Waals surface area contributed by atoms with Crippen molar-refractivity contribution in [1.82, 2.24) is 0 Å². The van der Waals surface area contributed by atoms with Gasteiger partial charge in [0.1, 0.15) is 0 Å². The first-order chi connectivity index (χ1) is 3.68. The normalized spacial score (nSPS) is 10.7. The molecule has 9 heavy (non-hydrogen) atoms. The molecule has 0 fully saturated rings. The fourth-order valence-corrected chi connectivity index (χ4v) is 0.750. The van der Waals surface area contributed by atoms with Gasteiger partial charge in [-0.1, -0.05) is 0 Å². The molecular weight excluding hydrogens is 232 g/mol. The van der Waals surface area contributed by atoms with Crippen molar-refractivity contribution in [2.75, 3.05) is 21.3 Å². The van der Waals surface area contributed by atoms with Crippen LogP contribution in [0.1, 0.15) is 0 Å². The molecule has 0 aliphatic carbocycles. The monoisotopic (exact) mass is 243 g/mol. The van der Waals surface area contributed by atoms with E-state index in [0.29, 0.717) is 0 Å². The zero-order valence-electron chi connectivity index (χ0n) is 6.03. The molecule has 61 valence electrons. The maximum atomic E-state index is 4.93. The van der Waals surface area contributed by atoms with Crippen LogP contribution in [-0.4, -0.2) is 30.1 Å². The van der Waals surface area contributed by atoms with Crippen molar-refractivity contribution >= 4 is 8.80 Å². The maximum Gasteiger partial charge on any atom is 0.496 e. The second-order valence-electron chi connectivity index (χ2n) is 1.47. The van der Waals surface area contributed by atoms with E-state index >= 15 is 0 Å². The van der Waals surface area contributed by atoms with Gasteiger partial charge in [0.25, 0.3) is 0 Å². The molecule has 0 aliphatic heterocycles. The van der Waals surface area contributed by atoms with E-state index < -0.39 is 8.80 Å². The van der Waals surface area contributed by atoms with Crippen LogP contribution in [-0.2, 0) is 35.7 Å². The molecule has 0 aromatic heterocycles. The smallest absolute Gasteiger partial charge is 0.377 e. The quantitative estimate of drug-likeness (QED) is 0.676. The van der Waals surface area contributed by atoms with Crippen LogP contribution in [0, 0.1) is 0 Å². The van der Waals surface area contributed by atoms with Gasteiger partial charge in [-0.3, -0.25) is 0 Å². The largest absolute Gasteiger partial charge is 0.496 e. The minimum atomic E-state index is -2.17. The van der Waals surface area contributed by atoms with Crippen LogP contribution in [0.25, 0.3) is 0 Å². The molecule has 0 N–H and O–H groups in total. The average Bonchev–Trinajstić information content (AvgIpc) is 1.87. The minimum Gasteiger partial charge on any atom is -0.377 e. The summed E-state index contributed by atoms with van der Waals surface area (Å²) >= 11 is 0. The van der Waals surface area contributed by atoms with Crippen LogP contribution in [0.2, 0.25) is 6.55 Å². The molecule has 0 amide bonds. The van der Waals surface area contributed by atoms with Crippen molar-refractivity contribution in [2.45, 2.75) is 6.55 Å². The third-order valence-corrected chi connectivity index (χ3v) is 3.34. The van der Waals surface area contributed by atoms with Crippen LogP contribution in [0.3, 0.4) is 0 Å². The summed E-state index contributed by atoms with van der Waals surface area (Å²) in [5.41, 5.74) is 0. The molecule has 0 aromatic rings. The number of hydrogen-bond donors (Lipinski definition) is 0. The molecule has 0 bridgehead atoms. The van der Waals surface area contributed by atoms with Gasteiger partial charge >= 0.3 is 8.80 Å². The molecule has 0 aliphatic rings. The average molecular weight is 244 g/mol. The van der Waals surface area contributed by atoms with Crippen molar-refractivity contribution in [1.29, 1.82) is 0 Å². The molecule has 0 unspecified atom stereocenters. The van der Waals surface area contributed by atoms with Gasteiger partial charge in [-0.15, -0.1) is 0 Å². The second kappa shape index (κ2) is 5.61. The molecule has 0 saturated carbocycles. The van der Waals surface area contributed by atoms with Gasteiger partial charge in [0.05, 0.1) is 0 Å². The Kier molecular flexibility index (Phi) is 7.80. The zero-order valence-corrected chi connectivity index (χ0v) is 8.51.